The van der Waals surface area contributed by atoms with Crippen LogP contribution in [0.15, 0.2) is 18.2 Å². The van der Waals surface area contributed by atoms with E-state index in [-0.39, 0.29) is 5.92 Å². The molecule has 0 bridgehead atoms. The number of ether oxygens (including phenoxy) is 3. The van der Waals surface area contributed by atoms with Crippen LogP contribution in [0.4, 0.5) is 13.6 Å². The van der Waals surface area contributed by atoms with Gasteiger partial charge in [0.15, 0.2) is 11.6 Å². The summed E-state index contributed by atoms with van der Waals surface area (Å²) >= 11 is 0. The topological polar surface area (TPSA) is 61.8 Å². The van der Waals surface area contributed by atoms with E-state index in [0.29, 0.717) is 0 Å². The van der Waals surface area contributed by atoms with Crippen LogP contribution in [-0.4, -0.2) is 18.4 Å². The zero-order valence-corrected chi connectivity index (χ0v) is 12.8. The van der Waals surface area contributed by atoms with E-state index in [0.717, 1.165) is 18.2 Å². The molecule has 7 heteroatoms. The Morgan fingerprint density at radius 3 is 2.00 bits per heavy atom. The largest absolute Gasteiger partial charge is 0.517 e. The molecule has 1 atom stereocenters. The van der Waals surface area contributed by atoms with Gasteiger partial charge >= 0.3 is 12.1 Å². The number of benzene rings is 1. The van der Waals surface area contributed by atoms with Crippen molar-refractivity contribution < 1.29 is 32.6 Å². The van der Waals surface area contributed by atoms with Gasteiger partial charge in [-0.2, -0.15) is 0 Å². The quantitative estimate of drug-likeness (QED) is 0.471. The first-order chi connectivity index (χ1) is 10.2. The molecule has 122 valence electrons. The van der Waals surface area contributed by atoms with Gasteiger partial charge in [0.25, 0.3) is 6.29 Å². The van der Waals surface area contributed by atoms with Crippen molar-refractivity contribution in [3.8, 4) is 5.75 Å². The van der Waals surface area contributed by atoms with Gasteiger partial charge in [-0.1, -0.05) is 33.8 Å². The van der Waals surface area contributed by atoms with E-state index in [4.69, 9.17) is 9.47 Å². The van der Waals surface area contributed by atoms with Crippen LogP contribution in [0.1, 0.15) is 27.7 Å². The third-order valence-electron chi connectivity index (χ3n) is 2.56. The molecule has 1 unspecified atom stereocenters. The minimum atomic E-state index is -1.36. The van der Waals surface area contributed by atoms with E-state index in [9.17, 15) is 18.4 Å². The maximum Gasteiger partial charge on any atom is 0.517 e. The third-order valence-corrected chi connectivity index (χ3v) is 2.56. The average molecular weight is 316 g/mol. The fraction of sp³-hybridized carbons (Fsp3) is 0.467. The monoisotopic (exact) mass is 316 g/mol. The molecule has 0 N–H and O–H groups in total. The first-order valence-corrected chi connectivity index (χ1v) is 6.75. The summed E-state index contributed by atoms with van der Waals surface area (Å²) in [7, 11) is 0. The molecule has 1 aromatic rings. The zero-order chi connectivity index (χ0) is 16.9. The number of esters is 1. The summed E-state index contributed by atoms with van der Waals surface area (Å²) in [5.74, 6) is -4.30. The van der Waals surface area contributed by atoms with Crippen LogP contribution in [0.5, 0.6) is 5.75 Å². The Morgan fingerprint density at radius 1 is 1.00 bits per heavy atom. The number of hydrogen-bond acceptors (Lipinski definition) is 5. The highest BCUT2D eigenvalue weighted by atomic mass is 19.1. The Hall–Kier alpha value is -2.18. The highest BCUT2D eigenvalue weighted by molar-refractivity contribution is 5.72. The summed E-state index contributed by atoms with van der Waals surface area (Å²) in [6.45, 7) is 6.53. The van der Waals surface area contributed by atoms with Gasteiger partial charge in [-0.05, 0) is 12.1 Å². The predicted octanol–water partition coefficient (Wildman–Crippen LogP) is 3.66. The normalized spacial score (nSPS) is 12.2. The van der Waals surface area contributed by atoms with Crippen LogP contribution in [-0.2, 0) is 14.3 Å². The minimum Gasteiger partial charge on any atom is -0.425 e. The second-order valence-corrected chi connectivity index (χ2v) is 5.22. The molecule has 0 aliphatic heterocycles. The summed E-state index contributed by atoms with van der Waals surface area (Å²) in [5.41, 5.74) is 0. The minimum absolute atomic E-state index is 0.360. The Bertz CT molecular complexity index is 522. The van der Waals surface area contributed by atoms with E-state index in [2.05, 4.69) is 4.74 Å². The van der Waals surface area contributed by atoms with Crippen molar-refractivity contribution in [1.82, 2.24) is 0 Å². The Labute approximate surface area is 127 Å². The van der Waals surface area contributed by atoms with Crippen molar-refractivity contribution in [2.75, 3.05) is 0 Å². The van der Waals surface area contributed by atoms with Crippen LogP contribution < -0.4 is 4.74 Å². The maximum atomic E-state index is 13.4. The van der Waals surface area contributed by atoms with Crippen molar-refractivity contribution in [3.05, 3.63) is 29.8 Å². The first-order valence-electron chi connectivity index (χ1n) is 6.75. The number of carbonyl (C=O) groups is 2. The average Bonchev–Trinajstić information content (AvgIpc) is 2.42. The van der Waals surface area contributed by atoms with Gasteiger partial charge in [-0.15, -0.1) is 0 Å². The molecule has 0 saturated carbocycles. The summed E-state index contributed by atoms with van der Waals surface area (Å²) in [4.78, 5) is 23.1. The van der Waals surface area contributed by atoms with Gasteiger partial charge in [0.2, 0.25) is 5.75 Å². The molecule has 1 rings (SSSR count). The molecule has 0 saturated heterocycles. The van der Waals surface area contributed by atoms with Crippen molar-refractivity contribution in [2.45, 2.75) is 34.0 Å². The maximum absolute atomic E-state index is 13.4. The lowest BCUT2D eigenvalue weighted by Gasteiger charge is -2.21. The third kappa shape index (κ3) is 4.98. The van der Waals surface area contributed by atoms with Gasteiger partial charge in [-0.3, -0.25) is 4.79 Å². The van der Waals surface area contributed by atoms with E-state index in [1.165, 1.54) is 0 Å². The number of rotatable bonds is 5. The molecule has 0 amide bonds. The van der Waals surface area contributed by atoms with Gasteiger partial charge in [0.1, 0.15) is 0 Å². The van der Waals surface area contributed by atoms with E-state index in [1.54, 1.807) is 27.7 Å². The molecule has 0 fully saturated rings. The molecule has 5 nitrogen and oxygen atoms in total. The van der Waals surface area contributed by atoms with E-state index < -0.39 is 41.7 Å². The molecule has 0 aromatic heterocycles. The zero-order valence-electron chi connectivity index (χ0n) is 12.8. The lowest BCUT2D eigenvalue weighted by Crippen LogP contribution is -2.32. The smallest absolute Gasteiger partial charge is 0.425 e. The molecule has 0 spiro atoms. The number of halogens is 2. The van der Waals surface area contributed by atoms with Crippen LogP contribution in [0, 0.1) is 23.5 Å². The molecular formula is C15H18F2O5. The van der Waals surface area contributed by atoms with Gasteiger partial charge in [0, 0.05) is 5.92 Å². The fourth-order valence-electron chi connectivity index (χ4n) is 1.33. The molecular weight excluding hydrogens is 298 g/mol. The second-order valence-electron chi connectivity index (χ2n) is 5.22. The molecule has 22 heavy (non-hydrogen) atoms. The summed E-state index contributed by atoms with van der Waals surface area (Å²) in [5, 5.41) is 0. The van der Waals surface area contributed by atoms with E-state index in [1.807, 2.05) is 0 Å². The van der Waals surface area contributed by atoms with Gasteiger partial charge < -0.3 is 14.2 Å². The number of hydrogen-bond donors (Lipinski definition) is 0. The SMILES string of the molecule is CC(C)C(=O)OC(OC(=O)Oc1c(F)cccc1F)C(C)C. The van der Waals surface area contributed by atoms with Crippen molar-refractivity contribution in [3.63, 3.8) is 0 Å². The summed E-state index contributed by atoms with van der Waals surface area (Å²) in [6.07, 6.45) is -2.57. The van der Waals surface area contributed by atoms with Crippen molar-refractivity contribution in [1.29, 1.82) is 0 Å². The molecule has 0 heterocycles. The Balaban J connectivity index is 2.74. The summed E-state index contributed by atoms with van der Waals surface area (Å²) < 4.78 is 41.0. The number of carbonyl (C=O) groups excluding carboxylic acids is 2. The second kappa shape index (κ2) is 7.72. The fourth-order valence-corrected chi connectivity index (χ4v) is 1.33. The van der Waals surface area contributed by atoms with E-state index >= 15 is 0 Å². The van der Waals surface area contributed by atoms with Crippen LogP contribution in [0.2, 0.25) is 0 Å². The Morgan fingerprint density at radius 2 is 1.55 bits per heavy atom. The first kappa shape index (κ1) is 17.9. The van der Waals surface area contributed by atoms with Crippen molar-refractivity contribution in [2.24, 2.45) is 11.8 Å². The standard InChI is InChI=1S/C15H18F2O5/c1-8(2)13(18)21-14(9(3)4)22-15(19)20-12-10(16)6-5-7-11(12)17/h5-9,14H,1-4H3. The highest BCUT2D eigenvalue weighted by Gasteiger charge is 2.26. The van der Waals surface area contributed by atoms with Crippen LogP contribution in [0.25, 0.3) is 0 Å². The summed E-state index contributed by atoms with van der Waals surface area (Å²) in [6, 6.07) is 3.00. The van der Waals surface area contributed by atoms with Crippen LogP contribution >= 0.6 is 0 Å². The molecule has 0 aliphatic carbocycles. The molecule has 1 aromatic carbocycles. The van der Waals surface area contributed by atoms with Crippen molar-refractivity contribution >= 4 is 12.1 Å². The predicted molar refractivity (Wildman–Crippen MR) is 73.0 cm³/mol. The molecule has 0 radical (unpaired) electrons. The van der Waals surface area contributed by atoms with Crippen LogP contribution in [0.3, 0.4) is 0 Å². The lowest BCUT2D eigenvalue weighted by atomic mass is 10.2. The van der Waals surface area contributed by atoms with Gasteiger partial charge in [0.05, 0.1) is 5.92 Å². The van der Waals surface area contributed by atoms with Gasteiger partial charge in [-0.25, -0.2) is 13.6 Å². The Kier molecular flexibility index (Phi) is 6.27. The highest BCUT2D eigenvalue weighted by Crippen LogP contribution is 2.22. The lowest BCUT2D eigenvalue weighted by molar-refractivity contribution is -0.181. The number of para-hydroxylation sites is 1. The molecule has 0 aliphatic rings.